The summed E-state index contributed by atoms with van der Waals surface area (Å²) in [5.74, 6) is 1.66. The molecule has 1 heterocycles. The quantitative estimate of drug-likeness (QED) is 0.694. The van der Waals surface area contributed by atoms with Crippen LogP contribution < -0.4 is 4.74 Å². The van der Waals surface area contributed by atoms with Crippen LogP contribution in [-0.2, 0) is 19.4 Å². The Morgan fingerprint density at radius 1 is 1.03 bits per heavy atom. The van der Waals surface area contributed by atoms with Crippen molar-refractivity contribution < 1.29 is 14.6 Å². The Labute approximate surface area is 197 Å². The lowest BCUT2D eigenvalue weighted by Crippen LogP contribution is -2.40. The van der Waals surface area contributed by atoms with Gasteiger partial charge in [-0.3, -0.25) is 9.69 Å². The van der Waals surface area contributed by atoms with Crippen LogP contribution in [0.15, 0.2) is 42.5 Å². The zero-order chi connectivity index (χ0) is 22.8. The van der Waals surface area contributed by atoms with Crippen LogP contribution in [0.25, 0.3) is 0 Å². The number of hydrogen-bond acceptors (Lipinski definition) is 4. The van der Waals surface area contributed by atoms with E-state index in [1.54, 1.807) is 0 Å². The van der Waals surface area contributed by atoms with E-state index >= 15 is 0 Å². The molecule has 0 aromatic heterocycles. The molecule has 2 aliphatic carbocycles. The highest BCUT2D eigenvalue weighted by Crippen LogP contribution is 2.30. The summed E-state index contributed by atoms with van der Waals surface area (Å²) in [6.07, 6.45) is 7.10. The monoisotopic (exact) mass is 448 g/mol. The molecule has 0 radical (unpaired) electrons. The van der Waals surface area contributed by atoms with E-state index in [4.69, 9.17) is 4.74 Å². The Kier molecular flexibility index (Phi) is 6.70. The predicted octanol–water partition coefficient (Wildman–Crippen LogP) is 4.06. The lowest BCUT2D eigenvalue weighted by molar-refractivity contribution is 0.0719. The summed E-state index contributed by atoms with van der Waals surface area (Å²) in [7, 11) is 1.94. The summed E-state index contributed by atoms with van der Waals surface area (Å²) in [6.45, 7) is 3.70. The third-order valence-electron chi connectivity index (χ3n) is 7.59. The van der Waals surface area contributed by atoms with Crippen molar-refractivity contribution in [3.63, 3.8) is 0 Å². The van der Waals surface area contributed by atoms with Crippen LogP contribution in [0.5, 0.6) is 5.75 Å². The van der Waals surface area contributed by atoms with Gasteiger partial charge in [0.1, 0.15) is 5.75 Å². The van der Waals surface area contributed by atoms with Crippen molar-refractivity contribution in [2.24, 2.45) is 5.92 Å². The predicted molar refractivity (Wildman–Crippen MR) is 130 cm³/mol. The van der Waals surface area contributed by atoms with Gasteiger partial charge >= 0.3 is 0 Å². The SMILES string of the molecule is CN(C(=O)c1ccc(OCC2CC2)cc1)[C@H]1CCc2cc(CN3CCC(O)CC3)ccc2C1. The number of likely N-dealkylation sites (tertiary alicyclic amines) is 1. The average molecular weight is 449 g/mol. The lowest BCUT2D eigenvalue weighted by Gasteiger charge is -2.33. The Hall–Kier alpha value is -2.37. The molecule has 1 saturated carbocycles. The van der Waals surface area contributed by atoms with Crippen LogP contribution in [0.4, 0.5) is 0 Å². The number of carbonyl (C=O) groups is 1. The van der Waals surface area contributed by atoms with Crippen molar-refractivity contribution in [1.82, 2.24) is 9.80 Å². The number of carbonyl (C=O) groups excluding carboxylic acids is 1. The molecule has 5 rings (SSSR count). The van der Waals surface area contributed by atoms with E-state index < -0.39 is 0 Å². The number of ether oxygens (including phenoxy) is 1. The van der Waals surface area contributed by atoms with Gasteiger partial charge in [-0.1, -0.05) is 18.2 Å². The molecular weight excluding hydrogens is 412 g/mol. The maximum Gasteiger partial charge on any atom is 0.253 e. The van der Waals surface area contributed by atoms with Gasteiger partial charge in [-0.15, -0.1) is 0 Å². The maximum atomic E-state index is 13.1. The molecule has 0 bridgehead atoms. The number of amides is 1. The molecule has 1 saturated heterocycles. The van der Waals surface area contributed by atoms with Gasteiger partial charge in [0, 0.05) is 38.3 Å². The first-order chi connectivity index (χ1) is 16.0. The van der Waals surface area contributed by atoms with E-state index in [0.717, 1.165) is 75.6 Å². The first-order valence-electron chi connectivity index (χ1n) is 12.6. The molecular formula is C28H36N2O3. The van der Waals surface area contributed by atoms with E-state index in [9.17, 15) is 9.90 Å². The minimum atomic E-state index is -0.125. The number of aryl methyl sites for hydroxylation is 1. The number of piperidine rings is 1. The first-order valence-corrected chi connectivity index (χ1v) is 12.6. The summed E-state index contributed by atoms with van der Waals surface area (Å²) in [5, 5.41) is 9.73. The first kappa shape index (κ1) is 22.4. The highest BCUT2D eigenvalue weighted by molar-refractivity contribution is 5.94. The summed E-state index contributed by atoms with van der Waals surface area (Å²) in [4.78, 5) is 17.5. The molecule has 33 heavy (non-hydrogen) atoms. The van der Waals surface area contributed by atoms with Crippen molar-refractivity contribution in [3.8, 4) is 5.75 Å². The van der Waals surface area contributed by atoms with Gasteiger partial charge in [0.15, 0.2) is 0 Å². The van der Waals surface area contributed by atoms with E-state index in [1.807, 2.05) is 36.2 Å². The van der Waals surface area contributed by atoms with Gasteiger partial charge in [-0.25, -0.2) is 0 Å². The minimum Gasteiger partial charge on any atom is -0.493 e. The Balaban J connectivity index is 1.17. The van der Waals surface area contributed by atoms with Crippen LogP contribution >= 0.6 is 0 Å². The Morgan fingerprint density at radius 2 is 1.79 bits per heavy atom. The number of nitrogens with zero attached hydrogens (tertiary/aromatic N) is 2. The molecule has 2 aromatic rings. The number of likely N-dealkylation sites (N-methyl/N-ethyl adjacent to an activating group) is 1. The van der Waals surface area contributed by atoms with E-state index in [-0.39, 0.29) is 18.1 Å². The molecule has 0 spiro atoms. The largest absolute Gasteiger partial charge is 0.493 e. The third kappa shape index (κ3) is 5.59. The Bertz CT molecular complexity index is 962. The topological polar surface area (TPSA) is 53.0 Å². The van der Waals surface area contributed by atoms with Gasteiger partial charge in [0.05, 0.1) is 12.7 Å². The van der Waals surface area contributed by atoms with Crippen LogP contribution in [-0.4, -0.2) is 59.7 Å². The molecule has 176 valence electrons. The smallest absolute Gasteiger partial charge is 0.253 e. The standard InChI is InChI=1S/C28H36N2O3/c1-29(28(32)22-7-10-27(11-8-22)33-19-20-2-3-20)25-9-6-23-16-21(4-5-24(23)17-25)18-30-14-12-26(31)13-15-30/h4-5,7-8,10-11,16,20,25-26,31H,2-3,6,9,12-15,17-19H2,1H3/t25-/m0/s1. The van der Waals surface area contributed by atoms with Crippen molar-refractivity contribution in [3.05, 3.63) is 64.7 Å². The average Bonchev–Trinajstić information content (AvgIpc) is 3.68. The van der Waals surface area contributed by atoms with Gasteiger partial charge < -0.3 is 14.7 Å². The van der Waals surface area contributed by atoms with E-state index in [0.29, 0.717) is 0 Å². The number of aliphatic hydroxyl groups is 1. The summed E-state index contributed by atoms with van der Waals surface area (Å²) in [6, 6.07) is 14.7. The molecule has 3 aliphatic rings. The van der Waals surface area contributed by atoms with Gasteiger partial charge in [0.25, 0.3) is 5.91 Å². The van der Waals surface area contributed by atoms with Crippen LogP contribution in [0, 0.1) is 5.92 Å². The second kappa shape index (κ2) is 9.86. The zero-order valence-corrected chi connectivity index (χ0v) is 19.7. The normalized spacial score (nSPS) is 21.5. The van der Waals surface area contributed by atoms with Gasteiger partial charge in [-0.05, 0) is 91.8 Å². The summed E-state index contributed by atoms with van der Waals surface area (Å²) in [5.41, 5.74) is 4.88. The number of hydrogen-bond donors (Lipinski definition) is 1. The van der Waals surface area contributed by atoms with Crippen molar-refractivity contribution >= 4 is 5.91 Å². The number of benzene rings is 2. The lowest BCUT2D eigenvalue weighted by atomic mass is 9.86. The van der Waals surface area contributed by atoms with Crippen LogP contribution in [0.3, 0.4) is 0 Å². The highest BCUT2D eigenvalue weighted by Gasteiger charge is 2.27. The number of aliphatic hydroxyl groups excluding tert-OH is 1. The highest BCUT2D eigenvalue weighted by atomic mass is 16.5. The van der Waals surface area contributed by atoms with Gasteiger partial charge in [-0.2, -0.15) is 0 Å². The molecule has 0 unspecified atom stereocenters. The molecule has 1 atom stereocenters. The van der Waals surface area contributed by atoms with Gasteiger partial charge in [0.2, 0.25) is 0 Å². The molecule has 5 heteroatoms. The summed E-state index contributed by atoms with van der Waals surface area (Å²) >= 11 is 0. The molecule has 1 amide bonds. The molecule has 5 nitrogen and oxygen atoms in total. The van der Waals surface area contributed by atoms with Crippen LogP contribution in [0.2, 0.25) is 0 Å². The zero-order valence-electron chi connectivity index (χ0n) is 19.7. The van der Waals surface area contributed by atoms with Crippen molar-refractivity contribution in [2.45, 2.75) is 63.6 Å². The second-order valence-corrected chi connectivity index (χ2v) is 10.2. The fraction of sp³-hybridized carbons (Fsp3) is 0.536. The van der Waals surface area contributed by atoms with Crippen LogP contribution in [0.1, 0.15) is 59.2 Å². The van der Waals surface area contributed by atoms with Crippen molar-refractivity contribution in [2.75, 3.05) is 26.7 Å². The fourth-order valence-corrected chi connectivity index (χ4v) is 5.12. The number of fused-ring (bicyclic) bond motifs is 1. The maximum absolute atomic E-state index is 13.1. The molecule has 2 fully saturated rings. The van der Waals surface area contributed by atoms with E-state index in [1.165, 1.54) is 29.5 Å². The number of rotatable bonds is 7. The fourth-order valence-electron chi connectivity index (χ4n) is 5.12. The minimum absolute atomic E-state index is 0.0844. The molecule has 2 aromatic carbocycles. The Morgan fingerprint density at radius 3 is 2.52 bits per heavy atom. The third-order valence-corrected chi connectivity index (χ3v) is 7.59. The van der Waals surface area contributed by atoms with E-state index in [2.05, 4.69) is 23.1 Å². The van der Waals surface area contributed by atoms with Crippen molar-refractivity contribution in [1.29, 1.82) is 0 Å². The molecule has 1 aliphatic heterocycles. The molecule has 1 N–H and O–H groups in total. The summed E-state index contributed by atoms with van der Waals surface area (Å²) < 4.78 is 5.80. The second-order valence-electron chi connectivity index (χ2n) is 10.2.